The zero-order chi connectivity index (χ0) is 12.3. The number of halogens is 1. The number of aromatic nitrogens is 2. The maximum Gasteiger partial charge on any atom is 0.226 e. The highest BCUT2D eigenvalue weighted by Gasteiger charge is 2.15. The molecule has 2 rings (SSSR count). The molecule has 2 aromatic rings. The van der Waals surface area contributed by atoms with E-state index in [4.69, 9.17) is 10.3 Å². The molecule has 1 aromatic carbocycles. The third kappa shape index (κ3) is 2.92. The average Bonchev–Trinajstić information content (AvgIpc) is 2.77. The van der Waals surface area contributed by atoms with Crippen LogP contribution in [0.5, 0.6) is 0 Å². The Balaban J connectivity index is 2.21. The second-order valence-corrected chi connectivity index (χ2v) is 4.74. The van der Waals surface area contributed by atoms with Crippen LogP contribution in [0.3, 0.4) is 0 Å². The molecular weight excluding hydrogens is 282 g/mol. The van der Waals surface area contributed by atoms with Crippen LogP contribution in [0.15, 0.2) is 33.3 Å². The van der Waals surface area contributed by atoms with E-state index in [9.17, 15) is 0 Å². The molecular formula is C12H14BrN3O. The largest absolute Gasteiger partial charge is 0.339 e. The summed E-state index contributed by atoms with van der Waals surface area (Å²) < 4.78 is 6.11. The number of nitrogens with two attached hydrogens (primary N) is 1. The van der Waals surface area contributed by atoms with Crippen molar-refractivity contribution < 1.29 is 4.52 Å². The SMILES string of the molecule is CCCc1nc(C(N)c2cccc(Br)c2)no1. The van der Waals surface area contributed by atoms with Crippen molar-refractivity contribution in [1.82, 2.24) is 10.1 Å². The molecule has 5 heteroatoms. The smallest absolute Gasteiger partial charge is 0.226 e. The van der Waals surface area contributed by atoms with Gasteiger partial charge in [-0.3, -0.25) is 0 Å². The zero-order valence-corrected chi connectivity index (χ0v) is 11.1. The fourth-order valence-corrected chi connectivity index (χ4v) is 1.98. The van der Waals surface area contributed by atoms with Crippen LogP contribution in [0, 0.1) is 0 Å². The molecule has 1 atom stereocenters. The van der Waals surface area contributed by atoms with E-state index in [-0.39, 0.29) is 6.04 Å². The topological polar surface area (TPSA) is 64.9 Å². The highest BCUT2D eigenvalue weighted by Crippen LogP contribution is 2.20. The monoisotopic (exact) mass is 295 g/mol. The van der Waals surface area contributed by atoms with Gasteiger partial charge in [-0.15, -0.1) is 0 Å². The minimum Gasteiger partial charge on any atom is -0.339 e. The standard InChI is InChI=1S/C12H14BrN3O/c1-2-4-10-15-12(16-17-10)11(14)8-5-3-6-9(13)7-8/h3,5-7,11H,2,4,14H2,1H3. The van der Waals surface area contributed by atoms with E-state index in [1.54, 1.807) is 0 Å². The lowest BCUT2D eigenvalue weighted by atomic mass is 10.1. The summed E-state index contributed by atoms with van der Waals surface area (Å²) in [5.41, 5.74) is 7.05. The predicted octanol–water partition coefficient (Wildman–Crippen LogP) is 2.83. The van der Waals surface area contributed by atoms with Crippen LogP contribution in [-0.2, 0) is 6.42 Å². The molecule has 0 aliphatic carbocycles. The van der Waals surface area contributed by atoms with E-state index in [1.807, 2.05) is 24.3 Å². The first-order valence-electron chi connectivity index (χ1n) is 5.54. The number of hydrogen-bond acceptors (Lipinski definition) is 4. The summed E-state index contributed by atoms with van der Waals surface area (Å²) in [6.45, 7) is 2.07. The predicted molar refractivity (Wildman–Crippen MR) is 68.5 cm³/mol. The van der Waals surface area contributed by atoms with Crippen molar-refractivity contribution in [1.29, 1.82) is 0 Å². The van der Waals surface area contributed by atoms with Crippen LogP contribution in [0.1, 0.15) is 36.7 Å². The summed E-state index contributed by atoms with van der Waals surface area (Å²) in [6.07, 6.45) is 1.77. The van der Waals surface area contributed by atoms with Crippen molar-refractivity contribution in [2.45, 2.75) is 25.8 Å². The number of benzene rings is 1. The summed E-state index contributed by atoms with van der Waals surface area (Å²) in [5, 5.41) is 3.91. The summed E-state index contributed by atoms with van der Waals surface area (Å²) in [4.78, 5) is 4.29. The molecule has 0 saturated carbocycles. The molecule has 4 nitrogen and oxygen atoms in total. The second kappa shape index (κ2) is 5.42. The van der Waals surface area contributed by atoms with Gasteiger partial charge in [0.1, 0.15) is 0 Å². The van der Waals surface area contributed by atoms with Crippen molar-refractivity contribution in [3.05, 3.63) is 46.0 Å². The van der Waals surface area contributed by atoms with Gasteiger partial charge in [-0.1, -0.05) is 40.1 Å². The Morgan fingerprint density at radius 3 is 3.00 bits per heavy atom. The Labute approximate surface area is 108 Å². The summed E-state index contributed by atoms with van der Waals surface area (Å²) >= 11 is 3.41. The van der Waals surface area contributed by atoms with Crippen molar-refractivity contribution in [3.63, 3.8) is 0 Å². The van der Waals surface area contributed by atoms with Crippen LogP contribution in [0.4, 0.5) is 0 Å². The van der Waals surface area contributed by atoms with E-state index < -0.39 is 0 Å². The maximum atomic E-state index is 6.09. The van der Waals surface area contributed by atoms with Gasteiger partial charge < -0.3 is 10.3 Å². The number of aryl methyl sites for hydroxylation is 1. The third-order valence-electron chi connectivity index (χ3n) is 2.43. The van der Waals surface area contributed by atoms with Gasteiger partial charge >= 0.3 is 0 Å². The van der Waals surface area contributed by atoms with Crippen molar-refractivity contribution in [2.75, 3.05) is 0 Å². The number of rotatable bonds is 4. The molecule has 0 aliphatic heterocycles. The van der Waals surface area contributed by atoms with E-state index in [0.29, 0.717) is 11.7 Å². The molecule has 1 aromatic heterocycles. The minimum absolute atomic E-state index is 0.346. The molecule has 0 bridgehead atoms. The first-order chi connectivity index (χ1) is 8.20. The van der Waals surface area contributed by atoms with Crippen molar-refractivity contribution in [3.8, 4) is 0 Å². The Kier molecular flexibility index (Phi) is 3.91. The lowest BCUT2D eigenvalue weighted by Gasteiger charge is -2.07. The van der Waals surface area contributed by atoms with E-state index >= 15 is 0 Å². The maximum absolute atomic E-state index is 6.09. The van der Waals surface area contributed by atoms with Crippen molar-refractivity contribution in [2.24, 2.45) is 5.73 Å². The molecule has 17 heavy (non-hydrogen) atoms. The molecule has 1 heterocycles. The quantitative estimate of drug-likeness (QED) is 0.942. The van der Waals surface area contributed by atoms with Gasteiger partial charge in [-0.25, -0.2) is 0 Å². The normalized spacial score (nSPS) is 12.6. The fraction of sp³-hybridized carbons (Fsp3) is 0.333. The van der Waals surface area contributed by atoms with E-state index in [0.717, 1.165) is 22.9 Å². The molecule has 0 fully saturated rings. The van der Waals surface area contributed by atoms with Gasteiger partial charge in [0.15, 0.2) is 5.82 Å². The van der Waals surface area contributed by atoms with Crippen LogP contribution >= 0.6 is 15.9 Å². The first kappa shape index (κ1) is 12.3. The molecule has 0 saturated heterocycles. The Morgan fingerprint density at radius 1 is 1.47 bits per heavy atom. The van der Waals surface area contributed by atoms with Gasteiger partial charge in [-0.05, 0) is 24.1 Å². The zero-order valence-electron chi connectivity index (χ0n) is 9.56. The van der Waals surface area contributed by atoms with Crippen LogP contribution in [0.25, 0.3) is 0 Å². The highest BCUT2D eigenvalue weighted by atomic mass is 79.9. The van der Waals surface area contributed by atoms with Gasteiger partial charge in [0, 0.05) is 10.9 Å². The van der Waals surface area contributed by atoms with E-state index in [1.165, 1.54) is 0 Å². The van der Waals surface area contributed by atoms with Gasteiger partial charge in [-0.2, -0.15) is 4.98 Å². The third-order valence-corrected chi connectivity index (χ3v) is 2.93. The Morgan fingerprint density at radius 2 is 2.29 bits per heavy atom. The van der Waals surface area contributed by atoms with Gasteiger partial charge in [0.25, 0.3) is 0 Å². The fourth-order valence-electron chi connectivity index (χ4n) is 1.56. The number of hydrogen-bond donors (Lipinski definition) is 1. The lowest BCUT2D eigenvalue weighted by molar-refractivity contribution is 0.370. The van der Waals surface area contributed by atoms with Crippen molar-refractivity contribution >= 4 is 15.9 Å². The van der Waals surface area contributed by atoms with Gasteiger partial charge in [0.05, 0.1) is 6.04 Å². The average molecular weight is 296 g/mol. The molecule has 0 radical (unpaired) electrons. The molecule has 1 unspecified atom stereocenters. The molecule has 0 amide bonds. The minimum atomic E-state index is -0.346. The van der Waals surface area contributed by atoms with Gasteiger partial charge in [0.2, 0.25) is 5.89 Å². The number of nitrogens with zero attached hydrogens (tertiary/aromatic N) is 2. The summed E-state index contributed by atoms with van der Waals surface area (Å²) in [5.74, 6) is 1.18. The molecule has 90 valence electrons. The molecule has 0 spiro atoms. The summed E-state index contributed by atoms with van der Waals surface area (Å²) in [7, 11) is 0. The summed E-state index contributed by atoms with van der Waals surface area (Å²) in [6, 6.07) is 7.45. The lowest BCUT2D eigenvalue weighted by Crippen LogP contribution is -2.13. The van der Waals surface area contributed by atoms with Crippen LogP contribution in [0.2, 0.25) is 0 Å². The first-order valence-corrected chi connectivity index (χ1v) is 6.33. The van der Waals surface area contributed by atoms with E-state index in [2.05, 4.69) is 33.0 Å². The molecule has 0 aliphatic rings. The second-order valence-electron chi connectivity index (χ2n) is 3.83. The Bertz CT molecular complexity index is 498. The van der Waals surface area contributed by atoms with Crippen LogP contribution in [-0.4, -0.2) is 10.1 Å². The molecule has 2 N–H and O–H groups in total. The Hall–Kier alpha value is -1.20. The van der Waals surface area contributed by atoms with Crippen LogP contribution < -0.4 is 5.73 Å². The highest BCUT2D eigenvalue weighted by molar-refractivity contribution is 9.10.